The molecule has 33 heavy (non-hydrogen) atoms. The molecular formula is C28H27N3O2. The van der Waals surface area contributed by atoms with Gasteiger partial charge in [0.05, 0.1) is 0 Å². The topological polar surface area (TPSA) is 62.3 Å². The van der Waals surface area contributed by atoms with Crippen molar-refractivity contribution >= 4 is 5.88 Å². The fraction of sp³-hybridized carbons (Fsp3) is 0.214. The van der Waals surface area contributed by atoms with Gasteiger partial charge in [-0.1, -0.05) is 78.4 Å². The highest BCUT2D eigenvalue weighted by molar-refractivity contribution is 5.49. The normalized spacial score (nSPS) is 10.6. The summed E-state index contributed by atoms with van der Waals surface area (Å²) in [7, 11) is 0. The molecule has 5 nitrogen and oxygen atoms in total. The molecule has 4 aromatic rings. The van der Waals surface area contributed by atoms with Crippen molar-refractivity contribution in [2.75, 3.05) is 4.90 Å². The van der Waals surface area contributed by atoms with Crippen LogP contribution in [0, 0.1) is 32.1 Å². The van der Waals surface area contributed by atoms with Gasteiger partial charge in [-0.15, -0.1) is 0 Å². The molecule has 4 rings (SSSR count). The van der Waals surface area contributed by atoms with Crippen molar-refractivity contribution in [2.24, 2.45) is 0 Å². The van der Waals surface area contributed by atoms with Crippen molar-refractivity contribution in [3.8, 4) is 11.8 Å². The number of anilines is 1. The molecule has 0 amide bonds. The molecular weight excluding hydrogens is 410 g/mol. The molecule has 0 aliphatic carbocycles. The minimum absolute atomic E-state index is 0.157. The van der Waals surface area contributed by atoms with E-state index in [4.69, 9.17) is 9.15 Å². The SMILES string of the molecule is Cc1cc(C)c(OCc2nc(C#N)c(N(Cc3ccccc3)Cc3ccccc3)o2)c(C)c1. The Kier molecular flexibility index (Phi) is 6.75. The second kappa shape index (κ2) is 10.1. The van der Waals surface area contributed by atoms with Crippen molar-refractivity contribution in [2.45, 2.75) is 40.5 Å². The Balaban J connectivity index is 1.61. The van der Waals surface area contributed by atoms with Crippen molar-refractivity contribution < 1.29 is 9.15 Å². The van der Waals surface area contributed by atoms with E-state index in [1.54, 1.807) is 0 Å². The Bertz CT molecular complexity index is 1190. The van der Waals surface area contributed by atoms with Crippen LogP contribution in [0.3, 0.4) is 0 Å². The molecule has 0 bridgehead atoms. The lowest BCUT2D eigenvalue weighted by atomic mass is 10.1. The fourth-order valence-electron chi connectivity index (χ4n) is 4.04. The summed E-state index contributed by atoms with van der Waals surface area (Å²) in [5.74, 6) is 1.66. The van der Waals surface area contributed by atoms with Gasteiger partial charge in [0.2, 0.25) is 17.5 Å². The molecule has 1 heterocycles. The van der Waals surface area contributed by atoms with E-state index in [0.717, 1.165) is 28.0 Å². The fourth-order valence-corrected chi connectivity index (χ4v) is 4.04. The first-order valence-corrected chi connectivity index (χ1v) is 11.0. The molecule has 0 fully saturated rings. The summed E-state index contributed by atoms with van der Waals surface area (Å²) in [6.45, 7) is 7.46. The highest BCUT2D eigenvalue weighted by Crippen LogP contribution is 2.28. The number of nitrogens with zero attached hydrogens (tertiary/aromatic N) is 3. The van der Waals surface area contributed by atoms with Crippen molar-refractivity contribution in [1.29, 1.82) is 5.26 Å². The van der Waals surface area contributed by atoms with Crippen LogP contribution in [0.2, 0.25) is 0 Å². The molecule has 0 aliphatic rings. The number of aromatic nitrogens is 1. The number of rotatable bonds is 8. The van der Waals surface area contributed by atoms with Crippen LogP contribution in [-0.4, -0.2) is 4.98 Å². The summed E-state index contributed by atoms with van der Waals surface area (Å²) >= 11 is 0. The molecule has 0 N–H and O–H groups in total. The van der Waals surface area contributed by atoms with Crippen LogP contribution >= 0.6 is 0 Å². The lowest BCUT2D eigenvalue weighted by molar-refractivity contribution is 0.260. The summed E-state index contributed by atoms with van der Waals surface area (Å²) < 4.78 is 12.2. The van der Waals surface area contributed by atoms with E-state index in [2.05, 4.69) is 54.4 Å². The van der Waals surface area contributed by atoms with Gasteiger partial charge in [-0.05, 0) is 43.0 Å². The van der Waals surface area contributed by atoms with E-state index in [1.165, 1.54) is 5.56 Å². The maximum absolute atomic E-state index is 9.78. The van der Waals surface area contributed by atoms with Gasteiger partial charge >= 0.3 is 0 Å². The van der Waals surface area contributed by atoms with Crippen LogP contribution in [0.1, 0.15) is 39.4 Å². The van der Waals surface area contributed by atoms with Crippen LogP contribution < -0.4 is 9.64 Å². The summed E-state index contributed by atoms with van der Waals surface area (Å²) in [6, 6.07) is 26.6. The van der Waals surface area contributed by atoms with E-state index in [0.29, 0.717) is 24.9 Å². The standard InChI is InChI=1S/C28H27N3O2/c1-20-14-21(2)27(22(3)15-20)32-19-26-30-25(16-29)28(33-26)31(17-23-10-6-4-7-11-23)18-24-12-8-5-9-13-24/h4-15H,17-19H2,1-3H3. The smallest absolute Gasteiger partial charge is 0.236 e. The van der Waals surface area contributed by atoms with Crippen LogP contribution in [0.5, 0.6) is 5.75 Å². The Morgan fingerprint density at radius 1 is 0.879 bits per heavy atom. The number of aryl methyl sites for hydroxylation is 3. The van der Waals surface area contributed by atoms with Gasteiger partial charge in [0.15, 0.2) is 6.61 Å². The minimum Gasteiger partial charge on any atom is -0.483 e. The molecule has 0 spiro atoms. The number of oxazole rings is 1. The quantitative estimate of drug-likeness (QED) is 0.326. The predicted molar refractivity (Wildman–Crippen MR) is 129 cm³/mol. The molecule has 0 saturated carbocycles. The third-order valence-corrected chi connectivity index (χ3v) is 5.42. The Morgan fingerprint density at radius 2 is 1.42 bits per heavy atom. The van der Waals surface area contributed by atoms with Crippen LogP contribution in [0.25, 0.3) is 0 Å². The van der Waals surface area contributed by atoms with Gasteiger partial charge in [0.1, 0.15) is 11.8 Å². The first kappa shape index (κ1) is 22.2. The van der Waals surface area contributed by atoms with E-state index in [-0.39, 0.29) is 12.3 Å². The van der Waals surface area contributed by atoms with Crippen molar-refractivity contribution in [3.05, 3.63) is 112 Å². The molecule has 166 valence electrons. The second-order valence-electron chi connectivity index (χ2n) is 8.22. The zero-order valence-corrected chi connectivity index (χ0v) is 19.2. The molecule has 0 atom stereocenters. The number of ether oxygens (including phenoxy) is 1. The van der Waals surface area contributed by atoms with Gasteiger partial charge in [-0.3, -0.25) is 0 Å². The average molecular weight is 438 g/mol. The van der Waals surface area contributed by atoms with E-state index in [1.807, 2.05) is 55.1 Å². The molecule has 0 aliphatic heterocycles. The summed E-state index contributed by atoms with van der Waals surface area (Å²) in [4.78, 5) is 6.47. The van der Waals surface area contributed by atoms with Gasteiger partial charge < -0.3 is 14.1 Å². The van der Waals surface area contributed by atoms with E-state index < -0.39 is 0 Å². The number of hydrogen-bond acceptors (Lipinski definition) is 5. The lowest BCUT2D eigenvalue weighted by Gasteiger charge is -2.22. The number of nitriles is 1. The van der Waals surface area contributed by atoms with Gasteiger partial charge in [-0.2, -0.15) is 10.2 Å². The predicted octanol–water partition coefficient (Wildman–Crippen LogP) is 6.26. The van der Waals surface area contributed by atoms with Gasteiger partial charge in [-0.25, -0.2) is 0 Å². The Hall–Kier alpha value is -4.04. The third-order valence-electron chi connectivity index (χ3n) is 5.42. The van der Waals surface area contributed by atoms with E-state index >= 15 is 0 Å². The highest BCUT2D eigenvalue weighted by atomic mass is 16.5. The lowest BCUT2D eigenvalue weighted by Crippen LogP contribution is -2.22. The maximum Gasteiger partial charge on any atom is 0.236 e. The van der Waals surface area contributed by atoms with Crippen LogP contribution in [0.4, 0.5) is 5.88 Å². The summed E-state index contributed by atoms with van der Waals surface area (Å²) in [6.07, 6.45) is 0. The Morgan fingerprint density at radius 3 is 1.94 bits per heavy atom. The zero-order valence-electron chi connectivity index (χ0n) is 19.2. The van der Waals surface area contributed by atoms with Crippen molar-refractivity contribution in [1.82, 2.24) is 4.98 Å². The van der Waals surface area contributed by atoms with Gasteiger partial charge in [0, 0.05) is 13.1 Å². The molecule has 0 radical (unpaired) electrons. The minimum atomic E-state index is 0.157. The van der Waals surface area contributed by atoms with Crippen LogP contribution in [-0.2, 0) is 19.7 Å². The zero-order chi connectivity index (χ0) is 23.2. The molecule has 5 heteroatoms. The number of hydrogen-bond donors (Lipinski definition) is 0. The number of benzene rings is 3. The first-order chi connectivity index (χ1) is 16.0. The van der Waals surface area contributed by atoms with E-state index in [9.17, 15) is 5.26 Å². The van der Waals surface area contributed by atoms with Gasteiger partial charge in [0.25, 0.3) is 0 Å². The third kappa shape index (κ3) is 5.42. The molecule has 0 unspecified atom stereocenters. The first-order valence-electron chi connectivity index (χ1n) is 11.0. The second-order valence-corrected chi connectivity index (χ2v) is 8.22. The average Bonchev–Trinajstić information content (AvgIpc) is 3.22. The molecule has 3 aromatic carbocycles. The summed E-state index contributed by atoms with van der Waals surface area (Å²) in [5.41, 5.74) is 5.83. The summed E-state index contributed by atoms with van der Waals surface area (Å²) in [5, 5.41) is 9.78. The maximum atomic E-state index is 9.78. The highest BCUT2D eigenvalue weighted by Gasteiger charge is 2.21. The van der Waals surface area contributed by atoms with Crippen LogP contribution in [0.15, 0.2) is 77.2 Å². The monoisotopic (exact) mass is 437 g/mol. The van der Waals surface area contributed by atoms with Crippen molar-refractivity contribution in [3.63, 3.8) is 0 Å². The Labute approximate surface area is 194 Å². The molecule has 0 saturated heterocycles. The molecule has 1 aromatic heterocycles. The largest absolute Gasteiger partial charge is 0.483 e.